The number of nitrogens with zero attached hydrogens (tertiary/aromatic N) is 1. The van der Waals surface area contributed by atoms with E-state index in [4.69, 9.17) is 10.5 Å². The lowest BCUT2D eigenvalue weighted by atomic mass is 10.2. The molecule has 1 fully saturated rings. The van der Waals surface area contributed by atoms with Gasteiger partial charge in [-0.05, 0) is 38.3 Å². The molecule has 0 bridgehead atoms. The van der Waals surface area contributed by atoms with E-state index in [2.05, 4.69) is 10.3 Å². The van der Waals surface area contributed by atoms with Gasteiger partial charge < -0.3 is 15.8 Å². The smallest absolute Gasteiger partial charge is 0.169 e. The fourth-order valence-corrected chi connectivity index (χ4v) is 2.11. The van der Waals surface area contributed by atoms with Crippen molar-refractivity contribution in [1.29, 1.82) is 0 Å². The van der Waals surface area contributed by atoms with Crippen LogP contribution in [0.1, 0.15) is 26.2 Å². The molecule has 3 N–H and O–H groups in total. The number of aromatic nitrogens is 1. The van der Waals surface area contributed by atoms with Crippen molar-refractivity contribution >= 4 is 5.82 Å². The van der Waals surface area contributed by atoms with Gasteiger partial charge in [0.1, 0.15) is 0 Å². The molecule has 1 aliphatic carbocycles. The summed E-state index contributed by atoms with van der Waals surface area (Å²) in [6.45, 7) is 2.62. The van der Waals surface area contributed by atoms with Gasteiger partial charge in [-0.15, -0.1) is 0 Å². The van der Waals surface area contributed by atoms with Crippen molar-refractivity contribution in [2.75, 3.05) is 11.9 Å². The standard InChI is InChI=1S/C12H19N3O/c1-2-16-11-7-4-8-14-12(11)15-10-6-3-5-9(10)13/h4,7-10H,2-3,5-6,13H2,1H3,(H,14,15). The van der Waals surface area contributed by atoms with Gasteiger partial charge in [-0.2, -0.15) is 0 Å². The quantitative estimate of drug-likeness (QED) is 0.813. The van der Waals surface area contributed by atoms with E-state index in [1.165, 1.54) is 6.42 Å². The fourth-order valence-electron chi connectivity index (χ4n) is 2.11. The van der Waals surface area contributed by atoms with Crippen LogP contribution in [-0.4, -0.2) is 23.7 Å². The van der Waals surface area contributed by atoms with E-state index in [0.29, 0.717) is 12.6 Å². The third-order valence-electron chi connectivity index (χ3n) is 2.96. The Bertz CT molecular complexity index is 343. The fraction of sp³-hybridized carbons (Fsp3) is 0.583. The van der Waals surface area contributed by atoms with E-state index in [1.807, 2.05) is 19.1 Å². The van der Waals surface area contributed by atoms with Crippen molar-refractivity contribution in [3.8, 4) is 5.75 Å². The van der Waals surface area contributed by atoms with Gasteiger partial charge in [0.05, 0.1) is 6.61 Å². The van der Waals surface area contributed by atoms with Crippen LogP contribution in [0.2, 0.25) is 0 Å². The van der Waals surface area contributed by atoms with E-state index in [-0.39, 0.29) is 6.04 Å². The second-order valence-electron chi connectivity index (χ2n) is 4.13. The van der Waals surface area contributed by atoms with Crippen LogP contribution in [0.15, 0.2) is 18.3 Å². The summed E-state index contributed by atoms with van der Waals surface area (Å²) in [7, 11) is 0. The molecule has 1 aliphatic rings. The lowest BCUT2D eigenvalue weighted by Gasteiger charge is -2.19. The Labute approximate surface area is 96.2 Å². The summed E-state index contributed by atoms with van der Waals surface area (Å²) < 4.78 is 5.52. The minimum Gasteiger partial charge on any atom is -0.490 e. The summed E-state index contributed by atoms with van der Waals surface area (Å²) in [5, 5.41) is 3.38. The van der Waals surface area contributed by atoms with Crippen LogP contribution in [0.5, 0.6) is 5.75 Å². The number of ether oxygens (including phenoxy) is 1. The van der Waals surface area contributed by atoms with E-state index in [1.54, 1.807) is 6.20 Å². The predicted octanol–water partition coefficient (Wildman–Crippen LogP) is 1.77. The first kappa shape index (κ1) is 11.2. The molecule has 1 heterocycles. The number of hydrogen-bond donors (Lipinski definition) is 2. The van der Waals surface area contributed by atoms with Crippen LogP contribution < -0.4 is 15.8 Å². The molecule has 2 unspecified atom stereocenters. The van der Waals surface area contributed by atoms with Crippen LogP contribution in [-0.2, 0) is 0 Å². The first-order chi connectivity index (χ1) is 7.81. The average Bonchev–Trinajstić information content (AvgIpc) is 2.68. The molecule has 0 amide bonds. The maximum atomic E-state index is 6.02. The minimum atomic E-state index is 0.233. The largest absolute Gasteiger partial charge is 0.490 e. The van der Waals surface area contributed by atoms with Gasteiger partial charge >= 0.3 is 0 Å². The van der Waals surface area contributed by atoms with E-state index < -0.39 is 0 Å². The van der Waals surface area contributed by atoms with Crippen LogP contribution in [0.4, 0.5) is 5.82 Å². The number of nitrogens with two attached hydrogens (primary N) is 1. The molecule has 0 radical (unpaired) electrons. The molecule has 1 aromatic heterocycles. The lowest BCUT2D eigenvalue weighted by Crippen LogP contribution is -2.35. The second kappa shape index (κ2) is 5.16. The van der Waals surface area contributed by atoms with Crippen molar-refractivity contribution in [3.05, 3.63) is 18.3 Å². The summed E-state index contributed by atoms with van der Waals surface area (Å²) in [6, 6.07) is 4.37. The summed E-state index contributed by atoms with van der Waals surface area (Å²) in [4.78, 5) is 4.30. The third kappa shape index (κ3) is 2.44. The zero-order valence-electron chi connectivity index (χ0n) is 9.65. The molecule has 2 atom stereocenters. The highest BCUT2D eigenvalue weighted by atomic mass is 16.5. The van der Waals surface area contributed by atoms with Crippen molar-refractivity contribution < 1.29 is 4.74 Å². The number of hydrogen-bond acceptors (Lipinski definition) is 4. The minimum absolute atomic E-state index is 0.233. The molecule has 1 aromatic rings. The molecule has 1 saturated carbocycles. The van der Waals surface area contributed by atoms with Crippen LogP contribution in [0.3, 0.4) is 0 Å². The first-order valence-electron chi connectivity index (χ1n) is 5.91. The van der Waals surface area contributed by atoms with Crippen LogP contribution >= 0.6 is 0 Å². The number of nitrogens with one attached hydrogen (secondary N) is 1. The molecule has 4 nitrogen and oxygen atoms in total. The van der Waals surface area contributed by atoms with Gasteiger partial charge in [0.25, 0.3) is 0 Å². The molecule has 16 heavy (non-hydrogen) atoms. The number of anilines is 1. The Morgan fingerprint density at radius 2 is 2.44 bits per heavy atom. The van der Waals surface area contributed by atoms with Crippen molar-refractivity contribution in [2.45, 2.75) is 38.3 Å². The summed E-state index contributed by atoms with van der Waals surface area (Å²) in [6.07, 6.45) is 5.17. The molecule has 88 valence electrons. The zero-order valence-corrected chi connectivity index (χ0v) is 9.65. The molecular weight excluding hydrogens is 202 g/mol. The molecular formula is C12H19N3O. The Kier molecular flexibility index (Phi) is 3.62. The Balaban J connectivity index is 2.07. The van der Waals surface area contributed by atoms with E-state index in [9.17, 15) is 0 Å². The Morgan fingerprint density at radius 1 is 1.56 bits per heavy atom. The number of pyridine rings is 1. The molecule has 0 saturated heterocycles. The lowest BCUT2D eigenvalue weighted by molar-refractivity contribution is 0.340. The van der Waals surface area contributed by atoms with Crippen LogP contribution in [0, 0.1) is 0 Å². The Morgan fingerprint density at radius 3 is 3.12 bits per heavy atom. The molecule has 4 heteroatoms. The second-order valence-corrected chi connectivity index (χ2v) is 4.13. The van der Waals surface area contributed by atoms with E-state index in [0.717, 1.165) is 24.4 Å². The topological polar surface area (TPSA) is 60.2 Å². The highest BCUT2D eigenvalue weighted by Crippen LogP contribution is 2.26. The molecule has 0 aliphatic heterocycles. The monoisotopic (exact) mass is 221 g/mol. The van der Waals surface area contributed by atoms with Gasteiger partial charge in [-0.1, -0.05) is 0 Å². The van der Waals surface area contributed by atoms with Gasteiger partial charge in [-0.25, -0.2) is 4.98 Å². The first-order valence-corrected chi connectivity index (χ1v) is 5.91. The van der Waals surface area contributed by atoms with Crippen molar-refractivity contribution in [2.24, 2.45) is 5.73 Å². The van der Waals surface area contributed by atoms with Crippen molar-refractivity contribution in [3.63, 3.8) is 0 Å². The van der Waals surface area contributed by atoms with Crippen molar-refractivity contribution in [1.82, 2.24) is 4.98 Å². The highest BCUT2D eigenvalue weighted by Gasteiger charge is 2.24. The molecule has 2 rings (SSSR count). The SMILES string of the molecule is CCOc1cccnc1NC1CCCC1N. The summed E-state index contributed by atoms with van der Waals surface area (Å²) in [5.74, 6) is 1.62. The highest BCUT2D eigenvalue weighted by molar-refractivity contribution is 5.50. The summed E-state index contributed by atoms with van der Waals surface area (Å²) in [5.41, 5.74) is 6.02. The third-order valence-corrected chi connectivity index (χ3v) is 2.96. The maximum Gasteiger partial charge on any atom is 0.169 e. The van der Waals surface area contributed by atoms with Gasteiger partial charge in [0, 0.05) is 18.3 Å². The van der Waals surface area contributed by atoms with Gasteiger partial charge in [0.15, 0.2) is 11.6 Å². The van der Waals surface area contributed by atoms with E-state index >= 15 is 0 Å². The van der Waals surface area contributed by atoms with Gasteiger partial charge in [-0.3, -0.25) is 0 Å². The molecule has 0 aromatic carbocycles. The van der Waals surface area contributed by atoms with Gasteiger partial charge in [0.2, 0.25) is 0 Å². The normalized spacial score (nSPS) is 24.4. The zero-order chi connectivity index (χ0) is 11.4. The Hall–Kier alpha value is -1.29. The maximum absolute atomic E-state index is 6.02. The van der Waals surface area contributed by atoms with Crippen LogP contribution in [0.25, 0.3) is 0 Å². The number of rotatable bonds is 4. The molecule has 0 spiro atoms. The summed E-state index contributed by atoms with van der Waals surface area (Å²) >= 11 is 0. The predicted molar refractivity (Wildman–Crippen MR) is 64.6 cm³/mol. The average molecular weight is 221 g/mol.